The molecule has 0 radical (unpaired) electrons. The van der Waals surface area contributed by atoms with E-state index in [1.807, 2.05) is 13.0 Å². The molecule has 0 fully saturated rings. The topological polar surface area (TPSA) is 32.3 Å². The highest BCUT2D eigenvalue weighted by molar-refractivity contribution is 5.38. The van der Waals surface area contributed by atoms with E-state index in [0.717, 1.165) is 13.0 Å². The van der Waals surface area contributed by atoms with Crippen LogP contribution in [0, 0.1) is 13.8 Å². The van der Waals surface area contributed by atoms with Crippen LogP contribution >= 0.6 is 0 Å². The van der Waals surface area contributed by atoms with E-state index in [4.69, 9.17) is 0 Å². The first kappa shape index (κ1) is 15.7. The van der Waals surface area contributed by atoms with Crippen molar-refractivity contribution in [3.8, 4) is 0 Å². The first-order valence-corrected chi connectivity index (χ1v) is 7.61. The molecule has 2 nitrogen and oxygen atoms in total. The molecule has 2 atom stereocenters. The molecule has 0 aliphatic rings. The SMILES string of the molecule is Cc1ccc(C(NCCC(C)O)c2ccccc2)c(C)c1. The number of nitrogens with one attached hydrogen (secondary N) is 1. The van der Waals surface area contributed by atoms with Gasteiger partial charge in [-0.1, -0.05) is 54.1 Å². The molecular formula is C19H25NO. The monoisotopic (exact) mass is 283 g/mol. The predicted molar refractivity (Wildman–Crippen MR) is 88.5 cm³/mol. The molecule has 2 aromatic carbocycles. The Bertz CT molecular complexity index is 563. The molecule has 0 spiro atoms. The maximum Gasteiger partial charge on any atom is 0.0579 e. The van der Waals surface area contributed by atoms with Crippen molar-refractivity contribution in [2.24, 2.45) is 0 Å². The molecule has 0 aromatic heterocycles. The number of rotatable bonds is 6. The van der Waals surface area contributed by atoms with E-state index in [0.29, 0.717) is 0 Å². The molecule has 0 amide bonds. The number of aryl methyl sites for hydroxylation is 2. The molecule has 2 rings (SSSR count). The van der Waals surface area contributed by atoms with Gasteiger partial charge in [0.1, 0.15) is 0 Å². The van der Waals surface area contributed by atoms with Crippen molar-refractivity contribution in [3.63, 3.8) is 0 Å². The lowest BCUT2D eigenvalue weighted by Crippen LogP contribution is -2.26. The molecule has 2 N–H and O–H groups in total. The van der Waals surface area contributed by atoms with Crippen molar-refractivity contribution >= 4 is 0 Å². The molecule has 2 unspecified atom stereocenters. The van der Waals surface area contributed by atoms with Gasteiger partial charge in [-0.15, -0.1) is 0 Å². The highest BCUT2D eigenvalue weighted by Crippen LogP contribution is 2.25. The zero-order valence-corrected chi connectivity index (χ0v) is 13.1. The van der Waals surface area contributed by atoms with Crippen LogP contribution in [0.25, 0.3) is 0 Å². The zero-order chi connectivity index (χ0) is 15.2. The molecule has 0 saturated heterocycles. The fourth-order valence-electron chi connectivity index (χ4n) is 2.64. The minimum atomic E-state index is -0.270. The van der Waals surface area contributed by atoms with Gasteiger partial charge in [-0.05, 0) is 50.4 Å². The molecule has 0 aliphatic carbocycles. The van der Waals surface area contributed by atoms with Gasteiger partial charge in [0.25, 0.3) is 0 Å². The molecule has 0 bridgehead atoms. The van der Waals surface area contributed by atoms with Gasteiger partial charge in [0, 0.05) is 0 Å². The van der Waals surface area contributed by atoms with Crippen molar-refractivity contribution in [3.05, 3.63) is 70.8 Å². The first-order valence-electron chi connectivity index (χ1n) is 7.61. The number of aliphatic hydroxyl groups excluding tert-OH is 1. The Balaban J connectivity index is 2.27. The highest BCUT2D eigenvalue weighted by atomic mass is 16.3. The van der Waals surface area contributed by atoms with Crippen molar-refractivity contribution < 1.29 is 5.11 Å². The molecule has 0 saturated carbocycles. The van der Waals surface area contributed by atoms with E-state index in [-0.39, 0.29) is 12.1 Å². The third-order valence-corrected chi connectivity index (χ3v) is 3.78. The summed E-state index contributed by atoms with van der Waals surface area (Å²) in [5.74, 6) is 0. The maximum atomic E-state index is 9.46. The summed E-state index contributed by atoms with van der Waals surface area (Å²) in [5, 5.41) is 13.0. The lowest BCUT2D eigenvalue weighted by molar-refractivity contribution is 0.183. The fourth-order valence-corrected chi connectivity index (χ4v) is 2.64. The summed E-state index contributed by atoms with van der Waals surface area (Å²) in [4.78, 5) is 0. The lowest BCUT2D eigenvalue weighted by atomic mass is 9.93. The van der Waals surface area contributed by atoms with Gasteiger partial charge in [-0.3, -0.25) is 0 Å². The second-order valence-electron chi connectivity index (χ2n) is 5.80. The third-order valence-electron chi connectivity index (χ3n) is 3.78. The average molecular weight is 283 g/mol. The Morgan fingerprint density at radius 1 is 1.05 bits per heavy atom. The third kappa shape index (κ3) is 4.42. The van der Waals surface area contributed by atoms with Crippen LogP contribution in [0.2, 0.25) is 0 Å². The van der Waals surface area contributed by atoms with Gasteiger partial charge in [-0.25, -0.2) is 0 Å². The Hall–Kier alpha value is -1.64. The summed E-state index contributed by atoms with van der Waals surface area (Å²) in [6.45, 7) is 6.91. The summed E-state index contributed by atoms with van der Waals surface area (Å²) in [6, 6.07) is 17.3. The molecule has 0 aliphatic heterocycles. The molecule has 112 valence electrons. The standard InChI is InChI=1S/C19H25NO/c1-14-9-10-18(15(2)13-14)19(20-12-11-16(3)21)17-7-5-4-6-8-17/h4-10,13,16,19-21H,11-12H2,1-3H3. The molecule has 0 heterocycles. The van der Waals surface area contributed by atoms with Crippen LogP contribution in [0.4, 0.5) is 0 Å². The number of benzene rings is 2. The van der Waals surface area contributed by atoms with E-state index in [1.54, 1.807) is 0 Å². The summed E-state index contributed by atoms with van der Waals surface area (Å²) in [6.07, 6.45) is 0.488. The highest BCUT2D eigenvalue weighted by Gasteiger charge is 2.15. The summed E-state index contributed by atoms with van der Waals surface area (Å²) in [7, 11) is 0. The van der Waals surface area contributed by atoms with Gasteiger partial charge < -0.3 is 10.4 Å². The zero-order valence-electron chi connectivity index (χ0n) is 13.1. The van der Waals surface area contributed by atoms with E-state index in [9.17, 15) is 5.11 Å². The van der Waals surface area contributed by atoms with E-state index >= 15 is 0 Å². The maximum absolute atomic E-state index is 9.46. The van der Waals surface area contributed by atoms with E-state index in [1.165, 1.54) is 22.3 Å². The molecule has 2 aromatic rings. The van der Waals surface area contributed by atoms with Gasteiger partial charge in [0.15, 0.2) is 0 Å². The summed E-state index contributed by atoms with van der Waals surface area (Å²) < 4.78 is 0. The Morgan fingerprint density at radius 2 is 1.76 bits per heavy atom. The largest absolute Gasteiger partial charge is 0.393 e. The van der Waals surface area contributed by atoms with E-state index < -0.39 is 0 Å². The van der Waals surface area contributed by atoms with Crippen molar-refractivity contribution in [1.29, 1.82) is 0 Å². The summed E-state index contributed by atoms with van der Waals surface area (Å²) in [5.41, 5.74) is 5.15. The summed E-state index contributed by atoms with van der Waals surface area (Å²) >= 11 is 0. The van der Waals surface area contributed by atoms with Crippen molar-refractivity contribution in [2.45, 2.75) is 39.3 Å². The van der Waals surface area contributed by atoms with Crippen molar-refractivity contribution in [1.82, 2.24) is 5.32 Å². The average Bonchev–Trinajstić information content (AvgIpc) is 2.45. The quantitative estimate of drug-likeness (QED) is 0.846. The van der Waals surface area contributed by atoms with Gasteiger partial charge >= 0.3 is 0 Å². The van der Waals surface area contributed by atoms with Crippen LogP contribution < -0.4 is 5.32 Å². The van der Waals surface area contributed by atoms with Gasteiger partial charge in [0.2, 0.25) is 0 Å². The first-order chi connectivity index (χ1) is 10.1. The van der Waals surface area contributed by atoms with Crippen LogP contribution in [0.15, 0.2) is 48.5 Å². The second-order valence-corrected chi connectivity index (χ2v) is 5.80. The predicted octanol–water partition coefficient (Wildman–Crippen LogP) is 3.75. The minimum absolute atomic E-state index is 0.172. The number of hydrogen-bond donors (Lipinski definition) is 2. The Kier molecular flexibility index (Phi) is 5.54. The normalized spacial score (nSPS) is 13.9. The van der Waals surface area contributed by atoms with Crippen LogP contribution in [-0.4, -0.2) is 17.8 Å². The molecule has 21 heavy (non-hydrogen) atoms. The van der Waals surface area contributed by atoms with Crippen LogP contribution in [0.5, 0.6) is 0 Å². The Morgan fingerprint density at radius 3 is 2.38 bits per heavy atom. The molecular weight excluding hydrogens is 258 g/mol. The molecule has 2 heteroatoms. The minimum Gasteiger partial charge on any atom is -0.393 e. The van der Waals surface area contributed by atoms with Crippen molar-refractivity contribution in [2.75, 3.05) is 6.54 Å². The van der Waals surface area contributed by atoms with E-state index in [2.05, 4.69) is 61.6 Å². The number of aliphatic hydroxyl groups is 1. The fraction of sp³-hybridized carbons (Fsp3) is 0.368. The van der Waals surface area contributed by atoms with Gasteiger partial charge in [-0.2, -0.15) is 0 Å². The Labute approximate surface area is 127 Å². The van der Waals surface area contributed by atoms with Gasteiger partial charge in [0.05, 0.1) is 12.1 Å². The number of hydrogen-bond acceptors (Lipinski definition) is 2. The second kappa shape index (κ2) is 7.39. The lowest BCUT2D eigenvalue weighted by Gasteiger charge is -2.22. The van der Waals surface area contributed by atoms with Crippen LogP contribution in [0.3, 0.4) is 0 Å². The smallest absolute Gasteiger partial charge is 0.0579 e. The van der Waals surface area contributed by atoms with Crippen LogP contribution in [0.1, 0.15) is 41.6 Å². The van der Waals surface area contributed by atoms with Crippen LogP contribution in [-0.2, 0) is 0 Å².